The van der Waals surface area contributed by atoms with Gasteiger partial charge in [-0.3, -0.25) is 19.5 Å². The Balaban J connectivity index is 0.00000166. The highest BCUT2D eigenvalue weighted by Gasteiger charge is 2.47. The Kier molecular flexibility index (Phi) is 10.6. The lowest BCUT2D eigenvalue weighted by molar-refractivity contribution is -0.135. The zero-order chi connectivity index (χ0) is 23.0. The van der Waals surface area contributed by atoms with E-state index >= 15 is 0 Å². The largest absolute Gasteiger partial charge is 0.340 e. The Morgan fingerprint density at radius 1 is 0.935 bits per heavy atom. The van der Waals surface area contributed by atoms with Crippen LogP contribution in [0, 0.1) is 11.8 Å². The summed E-state index contributed by atoms with van der Waals surface area (Å²) in [5.41, 5.74) is 0. The molecule has 0 radical (unpaired) electrons. The lowest BCUT2D eigenvalue weighted by Gasteiger charge is -2.46. The van der Waals surface area contributed by atoms with Crippen molar-refractivity contribution in [2.45, 2.75) is 72.3 Å². The molecule has 3 rings (SSSR count). The summed E-state index contributed by atoms with van der Waals surface area (Å²) < 4.78 is 29.7. The fraction of sp³-hybridized carbons (Fsp3) is 0.958. The van der Waals surface area contributed by atoms with Crippen molar-refractivity contribution in [2.75, 3.05) is 65.4 Å². The third-order valence-electron chi connectivity index (χ3n) is 6.90. The number of amides is 1. The van der Waals surface area contributed by atoms with Crippen LogP contribution in [0.5, 0.6) is 0 Å². The van der Waals surface area contributed by atoms with E-state index in [1.54, 1.807) is 0 Å². The predicted molar refractivity (Wildman–Crippen MR) is 124 cm³/mol. The third kappa shape index (κ3) is 7.64. The van der Waals surface area contributed by atoms with Crippen LogP contribution in [0.25, 0.3) is 0 Å². The van der Waals surface area contributed by atoms with Gasteiger partial charge in [0.05, 0.1) is 12.6 Å². The number of nitrogens with zero attached hydrogens (tertiary/aromatic N) is 4. The Bertz CT molecular complexity index is 530. The lowest BCUT2D eigenvalue weighted by Crippen LogP contribution is -2.60. The molecule has 0 bridgehead atoms. The smallest absolute Gasteiger partial charge is 0.275 e. The number of hydrogen-bond donors (Lipinski definition) is 0. The quantitative estimate of drug-likeness (QED) is 0.626. The van der Waals surface area contributed by atoms with Gasteiger partial charge in [-0.1, -0.05) is 34.6 Å². The van der Waals surface area contributed by atoms with Gasteiger partial charge in [0.25, 0.3) is 5.92 Å². The number of carbonyl (C=O) groups is 1. The molecule has 1 atom stereocenters. The second-order valence-corrected chi connectivity index (χ2v) is 9.71. The van der Waals surface area contributed by atoms with Crippen LogP contribution in [-0.4, -0.2) is 103 Å². The molecule has 0 N–H and O–H groups in total. The van der Waals surface area contributed by atoms with E-state index in [9.17, 15) is 13.6 Å². The highest BCUT2D eigenvalue weighted by molar-refractivity contribution is 5.75. The molecule has 3 heterocycles. The first-order chi connectivity index (χ1) is 14.8. The van der Waals surface area contributed by atoms with Crippen molar-refractivity contribution in [3.8, 4) is 0 Å². The maximum Gasteiger partial charge on any atom is 0.275 e. The van der Waals surface area contributed by atoms with Crippen LogP contribution < -0.4 is 0 Å². The molecule has 182 valence electrons. The molecular formula is C24H46F2N4O. The van der Waals surface area contributed by atoms with Gasteiger partial charge in [0, 0.05) is 52.2 Å². The molecule has 3 saturated heterocycles. The number of halogens is 2. The van der Waals surface area contributed by atoms with Gasteiger partial charge < -0.3 is 4.90 Å². The average molecular weight is 445 g/mol. The number of rotatable bonds is 6. The van der Waals surface area contributed by atoms with Gasteiger partial charge in [-0.25, -0.2) is 8.78 Å². The van der Waals surface area contributed by atoms with Crippen molar-refractivity contribution in [1.82, 2.24) is 19.6 Å². The Morgan fingerprint density at radius 2 is 1.55 bits per heavy atom. The molecule has 0 aromatic rings. The second kappa shape index (κ2) is 12.4. The fourth-order valence-electron chi connectivity index (χ4n) is 5.34. The van der Waals surface area contributed by atoms with Gasteiger partial charge in [-0.05, 0) is 44.2 Å². The zero-order valence-corrected chi connectivity index (χ0v) is 20.6. The van der Waals surface area contributed by atoms with Gasteiger partial charge in [-0.2, -0.15) is 0 Å². The molecule has 3 aliphatic heterocycles. The zero-order valence-electron chi connectivity index (χ0n) is 20.6. The number of alkyl halides is 2. The number of hydrogen-bond acceptors (Lipinski definition) is 4. The van der Waals surface area contributed by atoms with E-state index in [1.165, 1.54) is 0 Å². The van der Waals surface area contributed by atoms with Crippen LogP contribution >= 0.6 is 0 Å². The van der Waals surface area contributed by atoms with Crippen molar-refractivity contribution in [3.63, 3.8) is 0 Å². The lowest BCUT2D eigenvalue weighted by atomic mass is 9.91. The highest BCUT2D eigenvalue weighted by Crippen LogP contribution is 2.34. The van der Waals surface area contributed by atoms with Crippen molar-refractivity contribution in [3.05, 3.63) is 0 Å². The van der Waals surface area contributed by atoms with E-state index in [0.717, 1.165) is 71.7 Å². The van der Waals surface area contributed by atoms with Crippen LogP contribution in [0.4, 0.5) is 8.78 Å². The van der Waals surface area contributed by atoms with Crippen LogP contribution in [0.1, 0.15) is 60.3 Å². The summed E-state index contributed by atoms with van der Waals surface area (Å²) in [6.45, 7) is 17.7. The number of carbonyl (C=O) groups excluding carboxylic acids is 1. The summed E-state index contributed by atoms with van der Waals surface area (Å²) in [6.07, 6.45) is 3.18. The molecule has 31 heavy (non-hydrogen) atoms. The topological polar surface area (TPSA) is 30.0 Å². The van der Waals surface area contributed by atoms with Crippen molar-refractivity contribution >= 4 is 5.91 Å². The van der Waals surface area contributed by atoms with E-state index in [0.29, 0.717) is 24.7 Å². The molecule has 7 heteroatoms. The van der Waals surface area contributed by atoms with Gasteiger partial charge in [-0.15, -0.1) is 0 Å². The first-order valence-corrected chi connectivity index (χ1v) is 12.6. The number of piperidine rings is 2. The molecule has 0 spiro atoms. The molecule has 3 aliphatic rings. The number of piperazine rings is 1. The first-order valence-electron chi connectivity index (χ1n) is 12.6. The van der Waals surface area contributed by atoms with Crippen molar-refractivity contribution in [1.29, 1.82) is 0 Å². The molecule has 0 aromatic heterocycles. The monoisotopic (exact) mass is 444 g/mol. The van der Waals surface area contributed by atoms with E-state index < -0.39 is 12.0 Å². The number of likely N-dealkylation sites (tertiary alicyclic amines) is 2. The van der Waals surface area contributed by atoms with E-state index in [2.05, 4.69) is 23.6 Å². The average Bonchev–Trinajstić information content (AvgIpc) is 2.75. The SMILES string of the molecule is CC.CCC(=O)N1CCN(CC2CCN(C3CCN(CC(C)C)CC3(F)F)CC2)CC1. The Hall–Kier alpha value is -0.790. The van der Waals surface area contributed by atoms with Gasteiger partial charge >= 0.3 is 0 Å². The highest BCUT2D eigenvalue weighted by atomic mass is 19.3. The summed E-state index contributed by atoms with van der Waals surface area (Å²) >= 11 is 0. The van der Waals surface area contributed by atoms with Crippen LogP contribution in [0.3, 0.4) is 0 Å². The van der Waals surface area contributed by atoms with E-state index in [1.807, 2.05) is 30.6 Å². The van der Waals surface area contributed by atoms with E-state index in [-0.39, 0.29) is 12.5 Å². The summed E-state index contributed by atoms with van der Waals surface area (Å²) in [6, 6.07) is -0.588. The molecule has 5 nitrogen and oxygen atoms in total. The molecular weight excluding hydrogens is 398 g/mol. The Morgan fingerprint density at radius 3 is 2.06 bits per heavy atom. The third-order valence-corrected chi connectivity index (χ3v) is 6.90. The maximum atomic E-state index is 14.8. The van der Waals surface area contributed by atoms with Crippen LogP contribution in [0.2, 0.25) is 0 Å². The molecule has 1 amide bonds. The molecule has 0 aliphatic carbocycles. The molecule has 1 unspecified atom stereocenters. The van der Waals surface area contributed by atoms with Crippen LogP contribution in [0.15, 0.2) is 0 Å². The maximum absolute atomic E-state index is 14.8. The van der Waals surface area contributed by atoms with Crippen LogP contribution in [-0.2, 0) is 4.79 Å². The molecule has 0 saturated carbocycles. The second-order valence-electron chi connectivity index (χ2n) is 9.71. The molecule has 3 fully saturated rings. The summed E-state index contributed by atoms with van der Waals surface area (Å²) in [7, 11) is 0. The minimum absolute atomic E-state index is 0.0868. The van der Waals surface area contributed by atoms with Gasteiger partial charge in [0.2, 0.25) is 5.91 Å². The Labute approximate surface area is 189 Å². The predicted octanol–water partition coefficient (Wildman–Crippen LogP) is 3.64. The summed E-state index contributed by atoms with van der Waals surface area (Å²) in [4.78, 5) is 20.2. The minimum atomic E-state index is -2.61. The van der Waals surface area contributed by atoms with E-state index in [4.69, 9.17) is 0 Å². The van der Waals surface area contributed by atoms with Crippen molar-refractivity contribution in [2.24, 2.45) is 11.8 Å². The first kappa shape index (κ1) is 26.5. The fourth-order valence-corrected chi connectivity index (χ4v) is 5.34. The normalized spacial score (nSPS) is 26.6. The van der Waals surface area contributed by atoms with Crippen molar-refractivity contribution < 1.29 is 13.6 Å². The minimum Gasteiger partial charge on any atom is -0.340 e. The standard InChI is InChI=1S/C22H40F2N4O.C2H6/c1-4-21(29)28-13-11-25(12-14-28)16-19-5-9-27(10-6-19)20-7-8-26(15-18(2)3)17-22(20,23)24;1-2/h18-20H,4-17H2,1-3H3;1-2H3. The van der Waals surface area contributed by atoms with Gasteiger partial charge in [0.15, 0.2) is 0 Å². The summed E-state index contributed by atoms with van der Waals surface area (Å²) in [5.74, 6) is -1.34. The molecule has 0 aromatic carbocycles. The van der Waals surface area contributed by atoms with Gasteiger partial charge in [0.1, 0.15) is 0 Å². The summed E-state index contributed by atoms with van der Waals surface area (Å²) in [5, 5.41) is 0.